The van der Waals surface area contributed by atoms with Crippen LogP contribution in [-0.4, -0.2) is 16.0 Å². The van der Waals surface area contributed by atoms with Crippen molar-refractivity contribution in [1.82, 2.24) is 0 Å². The van der Waals surface area contributed by atoms with Crippen molar-refractivity contribution in [2.24, 2.45) is 0 Å². The van der Waals surface area contributed by atoms with Crippen molar-refractivity contribution in [2.75, 3.05) is 0 Å². The van der Waals surface area contributed by atoms with E-state index in [2.05, 4.69) is 32.9 Å². The predicted molar refractivity (Wildman–Crippen MR) is 115 cm³/mol. The highest BCUT2D eigenvalue weighted by molar-refractivity contribution is 6.06. The molecule has 0 aliphatic carbocycles. The molecule has 0 saturated heterocycles. The number of hydrogen-bond acceptors (Lipinski definition) is 4. The van der Waals surface area contributed by atoms with Crippen LogP contribution in [0.1, 0.15) is 42.3 Å². The molecule has 0 fully saturated rings. The van der Waals surface area contributed by atoms with Crippen LogP contribution in [0.4, 0.5) is 0 Å². The van der Waals surface area contributed by atoms with E-state index in [1.165, 1.54) is 23.8 Å². The van der Waals surface area contributed by atoms with Crippen LogP contribution in [0, 0.1) is 0 Å². The third kappa shape index (κ3) is 5.26. The van der Waals surface area contributed by atoms with E-state index in [9.17, 15) is 15.0 Å². The van der Waals surface area contributed by atoms with Gasteiger partial charge in [0.05, 0.1) is 0 Å². The van der Waals surface area contributed by atoms with Gasteiger partial charge in [-0.05, 0) is 71.1 Å². The average Bonchev–Trinajstić information content (AvgIpc) is 2.69. The van der Waals surface area contributed by atoms with Crippen LogP contribution in [0.15, 0.2) is 72.8 Å². The molecule has 0 aromatic heterocycles. The SMILES string of the molecule is CC(C)(C)c1ccc(Oc2ccc(C(=O)/C=C/c3ccc(O)c(O)c3)cc2)cc1. The molecule has 0 radical (unpaired) electrons. The summed E-state index contributed by atoms with van der Waals surface area (Å²) in [5, 5.41) is 18.8. The number of rotatable bonds is 5. The first-order valence-corrected chi connectivity index (χ1v) is 9.35. The summed E-state index contributed by atoms with van der Waals surface area (Å²) in [5.74, 6) is 0.800. The minimum absolute atomic E-state index is 0.0902. The third-order valence-electron chi connectivity index (χ3n) is 4.52. The van der Waals surface area contributed by atoms with Gasteiger partial charge < -0.3 is 14.9 Å². The monoisotopic (exact) mass is 388 g/mol. The zero-order valence-electron chi connectivity index (χ0n) is 16.7. The van der Waals surface area contributed by atoms with E-state index in [0.717, 1.165) is 5.75 Å². The fraction of sp³-hybridized carbons (Fsp3) is 0.160. The van der Waals surface area contributed by atoms with Crippen molar-refractivity contribution in [3.05, 3.63) is 89.5 Å². The Hall–Kier alpha value is -3.53. The first kappa shape index (κ1) is 20.2. The van der Waals surface area contributed by atoms with E-state index >= 15 is 0 Å². The molecular weight excluding hydrogens is 364 g/mol. The van der Waals surface area contributed by atoms with Crippen LogP contribution in [-0.2, 0) is 5.41 Å². The first-order valence-electron chi connectivity index (χ1n) is 9.35. The van der Waals surface area contributed by atoms with E-state index in [1.807, 2.05) is 12.1 Å². The number of hydrogen-bond donors (Lipinski definition) is 2. The van der Waals surface area contributed by atoms with Crippen molar-refractivity contribution in [2.45, 2.75) is 26.2 Å². The van der Waals surface area contributed by atoms with E-state index in [1.54, 1.807) is 36.4 Å². The Balaban J connectivity index is 1.65. The molecule has 0 amide bonds. The van der Waals surface area contributed by atoms with Crippen LogP contribution < -0.4 is 4.74 Å². The van der Waals surface area contributed by atoms with Crippen molar-refractivity contribution >= 4 is 11.9 Å². The molecule has 0 spiro atoms. The van der Waals surface area contributed by atoms with Gasteiger partial charge in [-0.2, -0.15) is 0 Å². The van der Waals surface area contributed by atoms with Crippen molar-refractivity contribution in [3.8, 4) is 23.0 Å². The van der Waals surface area contributed by atoms with Crippen LogP contribution in [0.5, 0.6) is 23.0 Å². The van der Waals surface area contributed by atoms with Gasteiger partial charge in [-0.1, -0.05) is 45.0 Å². The lowest BCUT2D eigenvalue weighted by Gasteiger charge is -2.19. The van der Waals surface area contributed by atoms with Crippen LogP contribution in [0.2, 0.25) is 0 Å². The molecule has 0 bridgehead atoms. The van der Waals surface area contributed by atoms with Crippen LogP contribution in [0.3, 0.4) is 0 Å². The summed E-state index contributed by atoms with van der Waals surface area (Å²) in [4.78, 5) is 12.3. The Morgan fingerprint density at radius 3 is 1.97 bits per heavy atom. The maximum atomic E-state index is 12.3. The molecule has 0 saturated carbocycles. The minimum Gasteiger partial charge on any atom is -0.504 e. The molecule has 148 valence electrons. The van der Waals surface area contributed by atoms with E-state index < -0.39 is 0 Å². The average molecular weight is 388 g/mol. The molecule has 0 aliphatic rings. The van der Waals surface area contributed by atoms with Crippen molar-refractivity contribution < 1.29 is 19.7 Å². The van der Waals surface area contributed by atoms with E-state index in [4.69, 9.17) is 4.74 Å². The Bertz CT molecular complexity index is 1020. The maximum Gasteiger partial charge on any atom is 0.185 e. The normalized spacial score (nSPS) is 11.6. The minimum atomic E-state index is -0.225. The molecule has 29 heavy (non-hydrogen) atoms. The van der Waals surface area contributed by atoms with Gasteiger partial charge in [0, 0.05) is 5.56 Å². The van der Waals surface area contributed by atoms with Gasteiger partial charge in [0.25, 0.3) is 0 Å². The quantitative estimate of drug-likeness (QED) is 0.316. The second-order valence-electron chi connectivity index (χ2n) is 7.85. The highest BCUT2D eigenvalue weighted by Crippen LogP contribution is 2.28. The van der Waals surface area contributed by atoms with E-state index in [0.29, 0.717) is 16.9 Å². The third-order valence-corrected chi connectivity index (χ3v) is 4.52. The molecule has 3 aromatic carbocycles. The van der Waals surface area contributed by atoms with Gasteiger partial charge in [-0.3, -0.25) is 4.79 Å². The van der Waals surface area contributed by atoms with E-state index in [-0.39, 0.29) is 22.7 Å². The lowest BCUT2D eigenvalue weighted by Crippen LogP contribution is -2.10. The highest BCUT2D eigenvalue weighted by atomic mass is 16.5. The van der Waals surface area contributed by atoms with Crippen molar-refractivity contribution in [1.29, 1.82) is 0 Å². The summed E-state index contributed by atoms with van der Waals surface area (Å²) in [6.45, 7) is 6.49. The zero-order valence-corrected chi connectivity index (χ0v) is 16.7. The highest BCUT2D eigenvalue weighted by Gasteiger charge is 2.13. The summed E-state index contributed by atoms with van der Waals surface area (Å²) < 4.78 is 5.85. The number of carbonyl (C=O) groups is 1. The Morgan fingerprint density at radius 2 is 1.41 bits per heavy atom. The molecule has 0 unspecified atom stereocenters. The van der Waals surface area contributed by atoms with Gasteiger partial charge in [0.2, 0.25) is 0 Å². The summed E-state index contributed by atoms with van der Waals surface area (Å²) in [6.07, 6.45) is 3.01. The Kier molecular flexibility index (Phi) is 5.74. The number of phenolic OH excluding ortho intramolecular Hbond substituents is 2. The number of phenols is 2. The fourth-order valence-corrected chi connectivity index (χ4v) is 2.76. The van der Waals surface area contributed by atoms with Gasteiger partial charge in [-0.25, -0.2) is 0 Å². The first-order chi connectivity index (χ1) is 13.7. The molecule has 4 nitrogen and oxygen atoms in total. The molecule has 0 atom stereocenters. The lowest BCUT2D eigenvalue weighted by molar-refractivity contribution is 0.104. The maximum absolute atomic E-state index is 12.3. The Morgan fingerprint density at radius 1 is 0.828 bits per heavy atom. The van der Waals surface area contributed by atoms with Crippen molar-refractivity contribution in [3.63, 3.8) is 0 Å². The summed E-state index contributed by atoms with van der Waals surface area (Å²) in [7, 11) is 0. The summed E-state index contributed by atoms with van der Waals surface area (Å²) in [6, 6.07) is 19.3. The smallest absolute Gasteiger partial charge is 0.185 e. The molecule has 0 heterocycles. The molecule has 3 aromatic rings. The van der Waals surface area contributed by atoms with Crippen LogP contribution in [0.25, 0.3) is 6.08 Å². The molecule has 2 N–H and O–H groups in total. The Labute approximate surface area is 170 Å². The summed E-state index contributed by atoms with van der Waals surface area (Å²) in [5.41, 5.74) is 2.47. The van der Waals surface area contributed by atoms with Gasteiger partial charge in [0.15, 0.2) is 17.3 Å². The largest absolute Gasteiger partial charge is 0.504 e. The number of benzene rings is 3. The fourth-order valence-electron chi connectivity index (χ4n) is 2.76. The number of carbonyl (C=O) groups excluding carboxylic acids is 1. The molecule has 4 heteroatoms. The number of ether oxygens (including phenoxy) is 1. The zero-order chi connectivity index (χ0) is 21.0. The van der Waals surface area contributed by atoms with Gasteiger partial charge in [0.1, 0.15) is 11.5 Å². The van der Waals surface area contributed by atoms with Gasteiger partial charge in [-0.15, -0.1) is 0 Å². The molecule has 3 rings (SSSR count). The van der Waals surface area contributed by atoms with Gasteiger partial charge >= 0.3 is 0 Å². The lowest BCUT2D eigenvalue weighted by atomic mass is 9.87. The topological polar surface area (TPSA) is 66.8 Å². The summed E-state index contributed by atoms with van der Waals surface area (Å²) >= 11 is 0. The number of ketones is 1. The van der Waals surface area contributed by atoms with Crippen LogP contribution >= 0.6 is 0 Å². The molecule has 0 aliphatic heterocycles. The number of allylic oxidation sites excluding steroid dienone is 1. The second kappa shape index (κ2) is 8.23. The number of aromatic hydroxyl groups is 2. The molecular formula is C25H24O4. The standard InChI is InChI=1S/C25H24O4/c1-25(2,3)19-8-12-21(13-9-19)29-20-10-6-18(7-11-20)22(26)14-4-17-5-15-23(27)24(28)16-17/h4-16,27-28H,1-3H3/b14-4+. The predicted octanol–water partition coefficient (Wildman–Crippen LogP) is 6.08. The second-order valence-corrected chi connectivity index (χ2v) is 7.85.